The van der Waals surface area contributed by atoms with E-state index in [0.29, 0.717) is 22.5 Å². The van der Waals surface area contributed by atoms with Gasteiger partial charge in [0.2, 0.25) is 0 Å². The minimum absolute atomic E-state index is 0.370. The van der Waals surface area contributed by atoms with E-state index in [1.807, 2.05) is 12.1 Å². The van der Waals surface area contributed by atoms with Crippen molar-refractivity contribution >= 4 is 50.3 Å². The van der Waals surface area contributed by atoms with E-state index in [-0.39, 0.29) is 0 Å². The second-order valence-electron chi connectivity index (χ2n) is 7.69. The van der Waals surface area contributed by atoms with Gasteiger partial charge in [-0.25, -0.2) is 14.6 Å². The van der Waals surface area contributed by atoms with Crippen molar-refractivity contribution in [2.45, 2.75) is 32.4 Å². The summed E-state index contributed by atoms with van der Waals surface area (Å²) in [5.41, 5.74) is 0.632. The molecule has 0 aliphatic heterocycles. The van der Waals surface area contributed by atoms with Crippen molar-refractivity contribution in [3.8, 4) is 0 Å². The zero-order chi connectivity index (χ0) is 21.9. The average Bonchev–Trinajstić information content (AvgIpc) is 2.64. The maximum absolute atomic E-state index is 12.1. The lowest BCUT2D eigenvalue weighted by Crippen LogP contribution is -2.27. The number of anilines is 2. The Balaban J connectivity index is 1.86. The van der Waals surface area contributed by atoms with Gasteiger partial charge in [0, 0.05) is 21.7 Å². The average molecular weight is 472 g/mol. The molecule has 0 aliphatic rings. The second-order valence-corrected chi connectivity index (χ2v) is 8.61. The Bertz CT molecular complexity index is 1100. The van der Waals surface area contributed by atoms with Crippen LogP contribution in [0.1, 0.15) is 32.4 Å². The highest BCUT2D eigenvalue weighted by Crippen LogP contribution is 2.28. The number of carboxylic acid groups (broad SMARTS) is 1. The number of nitrogens with zero attached hydrogens (tertiary/aromatic N) is 1. The smallest absolute Gasteiger partial charge is 0.413 e. The van der Waals surface area contributed by atoms with Crippen molar-refractivity contribution in [3.63, 3.8) is 0 Å². The molecule has 0 saturated heterocycles. The Labute approximate surface area is 182 Å². The summed E-state index contributed by atoms with van der Waals surface area (Å²) in [4.78, 5) is 28.1. The van der Waals surface area contributed by atoms with Crippen LogP contribution in [0.15, 0.2) is 59.2 Å². The van der Waals surface area contributed by atoms with Crippen molar-refractivity contribution in [3.05, 3.63) is 64.8 Å². The summed E-state index contributed by atoms with van der Waals surface area (Å²) in [6, 6.07) is 13.4. The molecular formula is C22H22BrN3O4. The van der Waals surface area contributed by atoms with Crippen LogP contribution in [-0.4, -0.2) is 27.8 Å². The van der Waals surface area contributed by atoms with E-state index in [0.717, 1.165) is 9.86 Å². The number of aliphatic carboxylic acids is 1. The van der Waals surface area contributed by atoms with Gasteiger partial charge in [-0.1, -0.05) is 28.1 Å². The molecule has 3 N–H and O–H groups in total. The van der Waals surface area contributed by atoms with Gasteiger partial charge in [-0.3, -0.25) is 5.32 Å². The third-order valence-electron chi connectivity index (χ3n) is 4.12. The summed E-state index contributed by atoms with van der Waals surface area (Å²) < 4.78 is 6.08. The fraction of sp³-hybridized carbons (Fsp3) is 0.227. The van der Waals surface area contributed by atoms with Crippen LogP contribution in [0.4, 0.5) is 16.3 Å². The number of rotatable bonds is 5. The predicted molar refractivity (Wildman–Crippen MR) is 120 cm³/mol. The van der Waals surface area contributed by atoms with Crippen LogP contribution in [0.3, 0.4) is 0 Å². The summed E-state index contributed by atoms with van der Waals surface area (Å²) in [6.45, 7) is 5.35. The molecule has 0 radical (unpaired) electrons. The van der Waals surface area contributed by atoms with Gasteiger partial charge in [0.15, 0.2) is 6.04 Å². The number of carboxylic acids is 1. The number of halogens is 1. The van der Waals surface area contributed by atoms with Gasteiger partial charge in [0.05, 0.1) is 0 Å². The first-order valence-corrected chi connectivity index (χ1v) is 10.1. The lowest BCUT2D eigenvalue weighted by Gasteiger charge is -2.20. The number of carbonyl (C=O) groups excluding carboxylic acids is 1. The van der Waals surface area contributed by atoms with E-state index < -0.39 is 23.7 Å². The third kappa shape index (κ3) is 5.48. The fourth-order valence-electron chi connectivity index (χ4n) is 2.91. The van der Waals surface area contributed by atoms with E-state index in [2.05, 4.69) is 31.5 Å². The summed E-state index contributed by atoms with van der Waals surface area (Å²) in [7, 11) is 0. The molecule has 0 saturated carbocycles. The topological polar surface area (TPSA) is 101 Å². The number of benzene rings is 2. The van der Waals surface area contributed by atoms with Gasteiger partial charge in [0.25, 0.3) is 0 Å². The summed E-state index contributed by atoms with van der Waals surface area (Å²) >= 11 is 3.37. The van der Waals surface area contributed by atoms with Gasteiger partial charge < -0.3 is 15.2 Å². The summed E-state index contributed by atoms with van der Waals surface area (Å²) in [5.74, 6) is -0.620. The van der Waals surface area contributed by atoms with Gasteiger partial charge in [-0.2, -0.15) is 0 Å². The van der Waals surface area contributed by atoms with E-state index >= 15 is 0 Å². The highest BCUT2D eigenvalue weighted by molar-refractivity contribution is 9.10. The van der Waals surface area contributed by atoms with Crippen molar-refractivity contribution in [2.75, 3.05) is 10.6 Å². The first-order chi connectivity index (χ1) is 14.1. The molecule has 8 heteroatoms. The van der Waals surface area contributed by atoms with E-state index in [1.54, 1.807) is 63.4 Å². The predicted octanol–water partition coefficient (Wildman–Crippen LogP) is 5.58. The van der Waals surface area contributed by atoms with E-state index in [1.165, 1.54) is 0 Å². The molecule has 1 atom stereocenters. The number of hydrogen-bond donors (Lipinski definition) is 3. The van der Waals surface area contributed by atoms with E-state index in [9.17, 15) is 14.7 Å². The molecule has 3 rings (SSSR count). The number of ether oxygens (including phenoxy) is 1. The van der Waals surface area contributed by atoms with Crippen molar-refractivity contribution in [2.24, 2.45) is 0 Å². The summed E-state index contributed by atoms with van der Waals surface area (Å²) in [5, 5.41) is 16.9. The van der Waals surface area contributed by atoms with Gasteiger partial charge in [0.1, 0.15) is 11.4 Å². The van der Waals surface area contributed by atoms with E-state index in [4.69, 9.17) is 4.74 Å². The first-order valence-electron chi connectivity index (χ1n) is 9.26. The second kappa shape index (κ2) is 8.71. The molecule has 0 fully saturated rings. The number of aromatic nitrogens is 1. The molecule has 2 aromatic carbocycles. The van der Waals surface area contributed by atoms with Crippen LogP contribution in [0.5, 0.6) is 0 Å². The molecule has 0 spiro atoms. The monoisotopic (exact) mass is 471 g/mol. The molecule has 156 valence electrons. The maximum Gasteiger partial charge on any atom is 0.413 e. The Morgan fingerprint density at radius 2 is 1.90 bits per heavy atom. The van der Waals surface area contributed by atoms with Crippen LogP contribution < -0.4 is 10.6 Å². The lowest BCUT2D eigenvalue weighted by atomic mass is 10.1. The molecule has 7 nitrogen and oxygen atoms in total. The number of hydrogen-bond acceptors (Lipinski definition) is 5. The maximum atomic E-state index is 12.1. The summed E-state index contributed by atoms with van der Waals surface area (Å²) in [6.07, 6.45) is 0.979. The normalized spacial score (nSPS) is 12.3. The van der Waals surface area contributed by atoms with Crippen LogP contribution in [0, 0.1) is 0 Å². The Kier molecular flexibility index (Phi) is 6.26. The minimum atomic E-state index is -0.991. The minimum Gasteiger partial charge on any atom is -0.479 e. The zero-order valence-electron chi connectivity index (χ0n) is 16.8. The van der Waals surface area contributed by atoms with Gasteiger partial charge >= 0.3 is 12.1 Å². The molecule has 30 heavy (non-hydrogen) atoms. The van der Waals surface area contributed by atoms with Crippen molar-refractivity contribution < 1.29 is 19.4 Å². The Hall–Kier alpha value is -3.13. The van der Waals surface area contributed by atoms with Crippen LogP contribution in [-0.2, 0) is 9.53 Å². The molecule has 1 aromatic heterocycles. The highest BCUT2D eigenvalue weighted by Gasteiger charge is 2.21. The molecular weight excluding hydrogens is 450 g/mol. The third-order valence-corrected chi connectivity index (χ3v) is 4.62. The molecule has 1 unspecified atom stereocenters. The molecule has 0 aliphatic carbocycles. The Morgan fingerprint density at radius 1 is 1.13 bits per heavy atom. The number of pyridine rings is 1. The van der Waals surface area contributed by atoms with Crippen LogP contribution >= 0.6 is 15.9 Å². The number of fused-ring (bicyclic) bond motifs is 1. The van der Waals surface area contributed by atoms with Gasteiger partial charge in [-0.05, 0) is 68.1 Å². The Morgan fingerprint density at radius 3 is 2.57 bits per heavy atom. The molecule has 1 heterocycles. The molecule has 1 amide bonds. The first kappa shape index (κ1) is 21.6. The lowest BCUT2D eigenvalue weighted by molar-refractivity contribution is -0.138. The molecule has 3 aromatic rings. The number of carbonyl (C=O) groups is 2. The standard InChI is InChI=1S/C22H22BrN3O4/c1-22(2,3)30-21(29)26-19-17-8-7-16(12-13(17)9-10-24-19)25-18(20(27)28)14-5-4-6-15(23)11-14/h4-12,18,25H,1-3H3,(H,27,28)(H,24,26,29). The number of nitrogens with one attached hydrogen (secondary N) is 2. The fourth-order valence-corrected chi connectivity index (χ4v) is 3.33. The largest absolute Gasteiger partial charge is 0.479 e. The van der Waals surface area contributed by atoms with Crippen molar-refractivity contribution in [1.82, 2.24) is 4.98 Å². The van der Waals surface area contributed by atoms with Crippen molar-refractivity contribution in [1.29, 1.82) is 0 Å². The highest BCUT2D eigenvalue weighted by atomic mass is 79.9. The molecule has 0 bridgehead atoms. The van der Waals surface area contributed by atoms with Gasteiger partial charge in [-0.15, -0.1) is 0 Å². The van der Waals surface area contributed by atoms with Crippen LogP contribution in [0.2, 0.25) is 0 Å². The number of amides is 1. The SMILES string of the molecule is CC(C)(C)OC(=O)Nc1nccc2cc(NC(C(=O)O)c3cccc(Br)c3)ccc12. The quantitative estimate of drug-likeness (QED) is 0.448. The zero-order valence-corrected chi connectivity index (χ0v) is 18.4. The van der Waals surface area contributed by atoms with Crippen LogP contribution in [0.25, 0.3) is 10.8 Å².